The van der Waals surface area contributed by atoms with Crippen molar-refractivity contribution in [1.82, 2.24) is 4.90 Å². The molecule has 1 aliphatic heterocycles. The van der Waals surface area contributed by atoms with Crippen LogP contribution in [0.25, 0.3) is 0 Å². The van der Waals surface area contributed by atoms with Crippen LogP contribution in [0.1, 0.15) is 54.9 Å². The highest BCUT2D eigenvalue weighted by molar-refractivity contribution is 6.36. The minimum Gasteiger partial charge on any atom is -0.326 e. The van der Waals surface area contributed by atoms with E-state index < -0.39 is 21.6 Å². The first kappa shape index (κ1) is 27.5. The molecule has 1 fully saturated rings. The third kappa shape index (κ3) is 4.25. The number of benzene rings is 3. The fraction of sp³-hybridized carbons (Fsp3) is 0.312. The van der Waals surface area contributed by atoms with Gasteiger partial charge >= 0.3 is 0 Å². The van der Waals surface area contributed by atoms with E-state index in [0.717, 1.165) is 22.3 Å². The molecule has 3 aromatic carbocycles. The fourth-order valence-corrected chi connectivity index (χ4v) is 7.84. The van der Waals surface area contributed by atoms with Gasteiger partial charge in [-0.2, -0.15) is 0 Å². The number of hydrogen-bond acceptors (Lipinski definition) is 4. The lowest BCUT2D eigenvalue weighted by molar-refractivity contribution is -0.140. The van der Waals surface area contributed by atoms with Crippen molar-refractivity contribution in [3.8, 4) is 0 Å². The molecule has 0 unspecified atom stereocenters. The lowest BCUT2D eigenvalue weighted by Crippen LogP contribution is -2.57. The van der Waals surface area contributed by atoms with Crippen molar-refractivity contribution in [1.29, 1.82) is 0 Å². The summed E-state index contributed by atoms with van der Waals surface area (Å²) < 4.78 is 0. The summed E-state index contributed by atoms with van der Waals surface area (Å²) in [5.41, 5.74) is 4.44. The van der Waals surface area contributed by atoms with Crippen molar-refractivity contribution in [2.45, 2.75) is 42.4 Å². The topological polar surface area (TPSA) is 95.6 Å². The molecular weight excluding hydrogens is 561 g/mol. The van der Waals surface area contributed by atoms with Crippen molar-refractivity contribution in [3.63, 3.8) is 0 Å². The van der Waals surface area contributed by atoms with Crippen LogP contribution in [0.2, 0.25) is 0 Å². The van der Waals surface area contributed by atoms with E-state index in [1.807, 2.05) is 48.5 Å². The molecular formula is C32H29Cl2N3O4. The zero-order chi connectivity index (χ0) is 28.9. The van der Waals surface area contributed by atoms with E-state index >= 15 is 0 Å². The van der Waals surface area contributed by atoms with E-state index in [4.69, 9.17) is 23.2 Å². The van der Waals surface area contributed by atoms with Crippen LogP contribution >= 0.6 is 23.2 Å². The molecule has 2 bridgehead atoms. The fourth-order valence-electron chi connectivity index (χ4n) is 6.74. The van der Waals surface area contributed by atoms with Crippen LogP contribution in [0, 0.1) is 11.8 Å². The Morgan fingerprint density at radius 3 is 1.59 bits per heavy atom. The third-order valence-electron chi connectivity index (χ3n) is 8.45. The summed E-state index contributed by atoms with van der Waals surface area (Å²) in [6.45, 7) is 1.69. The number of amides is 4. The van der Waals surface area contributed by atoms with Gasteiger partial charge in [0.1, 0.15) is 9.75 Å². The van der Waals surface area contributed by atoms with Gasteiger partial charge in [-0.05, 0) is 59.4 Å². The van der Waals surface area contributed by atoms with Crippen molar-refractivity contribution < 1.29 is 19.2 Å². The van der Waals surface area contributed by atoms with Gasteiger partial charge in [0.15, 0.2) is 0 Å². The van der Waals surface area contributed by atoms with Gasteiger partial charge in [-0.1, -0.05) is 55.0 Å². The second-order valence-electron chi connectivity index (χ2n) is 10.9. The first-order chi connectivity index (χ1) is 19.7. The highest BCUT2D eigenvalue weighted by atomic mass is 35.5. The van der Waals surface area contributed by atoms with Gasteiger partial charge in [-0.15, -0.1) is 23.2 Å². The lowest BCUT2D eigenvalue weighted by Gasteiger charge is -2.54. The van der Waals surface area contributed by atoms with Crippen LogP contribution in [-0.4, -0.2) is 35.1 Å². The zero-order valence-electron chi connectivity index (χ0n) is 22.5. The van der Waals surface area contributed by atoms with Gasteiger partial charge in [0, 0.05) is 31.3 Å². The Bertz CT molecular complexity index is 1450. The SMILES string of the molecule is CC(=O)Nc1ccc(NC(=O)CCCCCN2C(=O)[C@@H]3[C@@H](C2=O)C2(Cl)c4ccccc4C3(Cl)c3ccccc32)cc1. The van der Waals surface area contributed by atoms with Gasteiger partial charge < -0.3 is 10.6 Å². The van der Waals surface area contributed by atoms with Gasteiger partial charge in [0.2, 0.25) is 23.6 Å². The normalized spacial score (nSPS) is 25.4. The second-order valence-corrected chi connectivity index (χ2v) is 12.1. The van der Waals surface area contributed by atoms with Crippen LogP contribution in [0.3, 0.4) is 0 Å². The number of unbranched alkanes of at least 4 members (excludes halogenated alkanes) is 2. The third-order valence-corrected chi connectivity index (χ3v) is 9.74. The Labute approximate surface area is 248 Å². The van der Waals surface area contributed by atoms with E-state index in [1.165, 1.54) is 11.8 Å². The largest absolute Gasteiger partial charge is 0.326 e. The second kappa shape index (κ2) is 10.3. The summed E-state index contributed by atoms with van der Waals surface area (Å²) in [5, 5.41) is 5.53. The molecule has 0 aromatic heterocycles. The van der Waals surface area contributed by atoms with Gasteiger partial charge in [0.25, 0.3) is 0 Å². The molecule has 7 rings (SSSR count). The maximum atomic E-state index is 13.8. The molecule has 2 N–H and O–H groups in total. The van der Waals surface area contributed by atoms with Gasteiger partial charge in [-0.25, -0.2) is 0 Å². The maximum Gasteiger partial charge on any atom is 0.235 e. The van der Waals surface area contributed by atoms with Crippen molar-refractivity contribution in [3.05, 3.63) is 95.1 Å². The number of halogens is 2. The first-order valence-electron chi connectivity index (χ1n) is 13.8. The first-order valence-corrected chi connectivity index (χ1v) is 14.5. The molecule has 0 radical (unpaired) electrons. The predicted octanol–water partition coefficient (Wildman–Crippen LogP) is 5.74. The summed E-state index contributed by atoms with van der Waals surface area (Å²) in [4.78, 5) is 50.2. The molecule has 7 nitrogen and oxygen atoms in total. The lowest BCUT2D eigenvalue weighted by atomic mass is 9.54. The summed E-state index contributed by atoms with van der Waals surface area (Å²) in [7, 11) is 0. The predicted molar refractivity (Wildman–Crippen MR) is 158 cm³/mol. The number of rotatable bonds is 8. The highest BCUT2D eigenvalue weighted by Crippen LogP contribution is 2.69. The summed E-state index contributed by atoms with van der Waals surface area (Å²) in [6.07, 6.45) is 2.15. The van der Waals surface area contributed by atoms with E-state index in [2.05, 4.69) is 10.6 Å². The molecule has 3 aromatic rings. The van der Waals surface area contributed by atoms with Crippen molar-refractivity contribution in [2.75, 3.05) is 17.2 Å². The average Bonchev–Trinajstić information content (AvgIpc) is 3.22. The number of hydrogen-bond donors (Lipinski definition) is 2. The molecule has 2 atom stereocenters. The van der Waals surface area contributed by atoms with Crippen LogP contribution in [0.15, 0.2) is 72.8 Å². The number of likely N-dealkylation sites (tertiary alicyclic amines) is 1. The van der Waals surface area contributed by atoms with E-state index in [-0.39, 0.29) is 30.2 Å². The van der Waals surface area contributed by atoms with E-state index in [9.17, 15) is 19.2 Å². The number of carbonyl (C=O) groups excluding carboxylic acids is 4. The number of nitrogens with one attached hydrogen (secondary N) is 2. The Hall–Kier alpha value is -3.68. The molecule has 1 heterocycles. The Morgan fingerprint density at radius 1 is 0.707 bits per heavy atom. The van der Waals surface area contributed by atoms with Crippen LogP contribution in [0.5, 0.6) is 0 Å². The zero-order valence-corrected chi connectivity index (χ0v) is 24.0. The van der Waals surface area contributed by atoms with Crippen LogP contribution < -0.4 is 10.6 Å². The highest BCUT2D eigenvalue weighted by Gasteiger charge is 2.72. The average molecular weight is 591 g/mol. The Balaban J connectivity index is 1.10. The minimum atomic E-state index is -1.17. The minimum absolute atomic E-state index is 0.128. The molecule has 1 saturated heterocycles. The quantitative estimate of drug-likeness (QED) is 0.199. The molecule has 4 aliphatic rings. The number of carbonyl (C=O) groups is 4. The summed E-state index contributed by atoms with van der Waals surface area (Å²) in [6, 6.07) is 22.1. The number of alkyl halides is 2. The Kier molecular flexibility index (Phi) is 6.91. The summed E-state index contributed by atoms with van der Waals surface area (Å²) in [5.74, 6) is -2.45. The number of anilines is 2. The molecule has 0 spiro atoms. The van der Waals surface area contributed by atoms with Gasteiger partial charge in [0.05, 0.1) is 11.8 Å². The van der Waals surface area contributed by atoms with E-state index in [0.29, 0.717) is 37.1 Å². The molecule has 210 valence electrons. The van der Waals surface area contributed by atoms with Crippen molar-refractivity contribution >= 4 is 58.2 Å². The summed E-state index contributed by atoms with van der Waals surface area (Å²) >= 11 is 14.9. The van der Waals surface area contributed by atoms with Crippen LogP contribution in [0.4, 0.5) is 11.4 Å². The Morgan fingerprint density at radius 2 is 1.15 bits per heavy atom. The molecule has 3 aliphatic carbocycles. The number of nitrogens with zero attached hydrogens (tertiary/aromatic N) is 1. The van der Waals surface area contributed by atoms with Gasteiger partial charge in [-0.3, -0.25) is 24.1 Å². The standard InChI is InChI=1S/C32H29Cl2N3O4/c1-19(38)35-20-14-16-21(17-15-20)36-26(39)13-3-2-8-18-37-29(40)27-28(30(37)41)32(34)23-10-5-4-9-22(23)31(27,33)24-11-6-7-12-25(24)32/h4-7,9-12,14-17,27-28H,2-3,8,13,18H2,1H3,(H,35,38)(H,36,39)/t27-,28-,31?,32?/m0/s1. The molecule has 4 amide bonds. The molecule has 41 heavy (non-hydrogen) atoms. The maximum absolute atomic E-state index is 13.8. The monoisotopic (exact) mass is 589 g/mol. The van der Waals surface area contributed by atoms with Crippen LogP contribution in [-0.2, 0) is 28.9 Å². The molecule has 9 heteroatoms. The smallest absolute Gasteiger partial charge is 0.235 e. The van der Waals surface area contributed by atoms with Crippen molar-refractivity contribution in [2.24, 2.45) is 11.8 Å². The number of imide groups is 1. The molecule has 0 saturated carbocycles. The van der Waals surface area contributed by atoms with E-state index in [1.54, 1.807) is 24.3 Å².